The number of benzene rings is 2. The molecule has 0 bridgehead atoms. The summed E-state index contributed by atoms with van der Waals surface area (Å²) in [5.41, 5.74) is 4.53. The summed E-state index contributed by atoms with van der Waals surface area (Å²) < 4.78 is 6.09. The highest BCUT2D eigenvalue weighted by molar-refractivity contribution is 5.93. The molecular formula is C24H24N2O3. The molecule has 148 valence electrons. The molecule has 0 amide bonds. The van der Waals surface area contributed by atoms with Crippen LogP contribution in [0.5, 0.6) is 11.5 Å². The minimum absolute atomic E-state index is 0.248. The van der Waals surface area contributed by atoms with Gasteiger partial charge in [-0.3, -0.25) is 4.98 Å². The smallest absolute Gasteiger partial charge is 0.337 e. The van der Waals surface area contributed by atoms with Gasteiger partial charge in [0, 0.05) is 18.7 Å². The summed E-state index contributed by atoms with van der Waals surface area (Å²) in [6, 6.07) is 15.8. The maximum absolute atomic E-state index is 11.4. The van der Waals surface area contributed by atoms with Crippen LogP contribution in [0, 0.1) is 6.92 Å². The lowest BCUT2D eigenvalue weighted by molar-refractivity contribution is 0.0697. The first-order chi connectivity index (χ1) is 14.1. The molecule has 0 unspecified atom stereocenters. The molecule has 0 radical (unpaired) electrons. The van der Waals surface area contributed by atoms with Gasteiger partial charge in [-0.15, -0.1) is 0 Å². The number of aromatic carboxylic acids is 1. The van der Waals surface area contributed by atoms with E-state index in [2.05, 4.69) is 22.4 Å². The van der Waals surface area contributed by atoms with Crippen LogP contribution in [-0.4, -0.2) is 22.6 Å². The Morgan fingerprint density at radius 2 is 2.10 bits per heavy atom. The number of nitrogens with one attached hydrogen (secondary N) is 1. The van der Waals surface area contributed by atoms with Crippen molar-refractivity contribution in [3.8, 4) is 11.5 Å². The molecule has 2 aromatic carbocycles. The number of nitrogens with zero attached hydrogens (tertiary/aromatic N) is 1. The summed E-state index contributed by atoms with van der Waals surface area (Å²) in [5, 5.41) is 12.6. The van der Waals surface area contributed by atoms with Gasteiger partial charge < -0.3 is 15.2 Å². The van der Waals surface area contributed by atoms with E-state index < -0.39 is 5.97 Å². The SMILES string of the molecule is Cc1ccccc1Oc1ccc2c(c1)CCC[C@H]2CNc1cnccc1C(=O)O. The molecule has 0 fully saturated rings. The van der Waals surface area contributed by atoms with E-state index in [1.165, 1.54) is 23.4 Å². The molecule has 2 N–H and O–H groups in total. The summed E-state index contributed by atoms with van der Waals surface area (Å²) in [4.78, 5) is 15.5. The number of fused-ring (bicyclic) bond motifs is 1. The second-order valence-corrected chi connectivity index (χ2v) is 7.42. The number of rotatable bonds is 6. The van der Waals surface area contributed by atoms with E-state index in [4.69, 9.17) is 4.74 Å². The Labute approximate surface area is 170 Å². The number of aryl methyl sites for hydroxylation is 2. The van der Waals surface area contributed by atoms with E-state index in [-0.39, 0.29) is 5.56 Å². The number of hydrogen-bond acceptors (Lipinski definition) is 4. The number of carboxylic acids is 1. The van der Waals surface area contributed by atoms with Crippen molar-refractivity contribution in [2.75, 3.05) is 11.9 Å². The molecule has 5 heteroatoms. The second kappa shape index (κ2) is 8.35. The third kappa shape index (κ3) is 4.24. The molecule has 1 atom stereocenters. The lowest BCUT2D eigenvalue weighted by Crippen LogP contribution is -2.19. The van der Waals surface area contributed by atoms with Crippen molar-refractivity contribution in [1.82, 2.24) is 4.98 Å². The van der Waals surface area contributed by atoms with Crippen LogP contribution in [0.1, 0.15) is 45.8 Å². The number of ether oxygens (including phenoxy) is 1. The summed E-state index contributed by atoms with van der Waals surface area (Å²) in [7, 11) is 0. The Kier molecular flexibility index (Phi) is 5.47. The number of para-hydroxylation sites is 1. The lowest BCUT2D eigenvalue weighted by atomic mass is 9.82. The zero-order valence-corrected chi connectivity index (χ0v) is 16.4. The number of carboxylic acid groups (broad SMARTS) is 1. The molecule has 5 nitrogen and oxygen atoms in total. The third-order valence-corrected chi connectivity index (χ3v) is 5.46. The number of anilines is 1. The second-order valence-electron chi connectivity index (χ2n) is 7.42. The molecule has 3 aromatic rings. The number of pyridine rings is 1. The van der Waals surface area contributed by atoms with Gasteiger partial charge in [0.25, 0.3) is 0 Å². The summed E-state index contributed by atoms with van der Waals surface area (Å²) in [6.45, 7) is 2.72. The Hall–Kier alpha value is -3.34. The van der Waals surface area contributed by atoms with Crippen LogP contribution >= 0.6 is 0 Å². The first-order valence-corrected chi connectivity index (χ1v) is 9.89. The van der Waals surface area contributed by atoms with Crippen molar-refractivity contribution in [3.63, 3.8) is 0 Å². The van der Waals surface area contributed by atoms with Crippen LogP contribution < -0.4 is 10.1 Å². The molecule has 0 spiro atoms. The fourth-order valence-electron chi connectivity index (χ4n) is 3.92. The van der Waals surface area contributed by atoms with Crippen molar-refractivity contribution in [2.24, 2.45) is 0 Å². The topological polar surface area (TPSA) is 71.5 Å². The summed E-state index contributed by atoms with van der Waals surface area (Å²) in [5.74, 6) is 1.11. The Morgan fingerprint density at radius 3 is 2.93 bits per heavy atom. The van der Waals surface area contributed by atoms with Crippen molar-refractivity contribution in [2.45, 2.75) is 32.1 Å². The minimum atomic E-state index is -0.947. The van der Waals surface area contributed by atoms with Crippen molar-refractivity contribution >= 4 is 11.7 Å². The standard InChI is InChI=1S/C24H24N2O3/c1-16-5-2-3-8-23(16)29-19-9-10-20-17(13-19)6-4-7-18(20)14-26-22-15-25-12-11-21(22)24(27)28/h2-3,5,8-13,15,18,26H,4,6-7,14H2,1H3,(H,27,28)/t18-/m0/s1. The van der Waals surface area contributed by atoms with Gasteiger partial charge in [-0.25, -0.2) is 4.79 Å². The van der Waals surface area contributed by atoms with Crippen molar-refractivity contribution in [1.29, 1.82) is 0 Å². The molecule has 1 aliphatic carbocycles. The van der Waals surface area contributed by atoms with Crippen LogP contribution in [0.25, 0.3) is 0 Å². The molecule has 0 saturated heterocycles. The maximum Gasteiger partial charge on any atom is 0.337 e. The van der Waals surface area contributed by atoms with E-state index in [0.29, 0.717) is 18.2 Å². The highest BCUT2D eigenvalue weighted by Crippen LogP contribution is 2.35. The molecule has 0 aliphatic heterocycles. The van der Waals surface area contributed by atoms with Gasteiger partial charge >= 0.3 is 5.97 Å². The Bertz CT molecular complexity index is 1030. The summed E-state index contributed by atoms with van der Waals surface area (Å²) in [6.07, 6.45) is 6.28. The first-order valence-electron chi connectivity index (χ1n) is 9.89. The van der Waals surface area contributed by atoms with Gasteiger partial charge in [0.2, 0.25) is 0 Å². The van der Waals surface area contributed by atoms with E-state index >= 15 is 0 Å². The largest absolute Gasteiger partial charge is 0.478 e. The highest BCUT2D eigenvalue weighted by Gasteiger charge is 2.21. The zero-order chi connectivity index (χ0) is 20.2. The van der Waals surface area contributed by atoms with E-state index in [9.17, 15) is 9.90 Å². The van der Waals surface area contributed by atoms with Crippen molar-refractivity contribution < 1.29 is 14.6 Å². The zero-order valence-electron chi connectivity index (χ0n) is 16.4. The van der Waals surface area contributed by atoms with Crippen LogP contribution in [-0.2, 0) is 6.42 Å². The third-order valence-electron chi connectivity index (χ3n) is 5.46. The molecule has 29 heavy (non-hydrogen) atoms. The maximum atomic E-state index is 11.4. The Morgan fingerprint density at radius 1 is 1.24 bits per heavy atom. The number of carbonyl (C=O) groups is 1. The fourth-order valence-corrected chi connectivity index (χ4v) is 3.92. The van der Waals surface area contributed by atoms with Crippen LogP contribution in [0.2, 0.25) is 0 Å². The normalized spacial score (nSPS) is 15.4. The van der Waals surface area contributed by atoms with E-state index in [0.717, 1.165) is 36.3 Å². The molecule has 4 rings (SSSR count). The predicted octanol–water partition coefficient (Wildman–Crippen LogP) is 5.41. The average Bonchev–Trinajstić information content (AvgIpc) is 2.74. The molecule has 0 saturated carbocycles. The predicted molar refractivity (Wildman–Crippen MR) is 113 cm³/mol. The Balaban J connectivity index is 1.50. The monoisotopic (exact) mass is 388 g/mol. The molecule has 1 heterocycles. The van der Waals surface area contributed by atoms with Gasteiger partial charge in [-0.1, -0.05) is 24.3 Å². The van der Waals surface area contributed by atoms with Crippen molar-refractivity contribution in [3.05, 3.63) is 83.2 Å². The molecule has 1 aromatic heterocycles. The van der Waals surface area contributed by atoms with Gasteiger partial charge in [0.15, 0.2) is 0 Å². The quantitative estimate of drug-likeness (QED) is 0.590. The average molecular weight is 388 g/mol. The van der Waals surface area contributed by atoms with Gasteiger partial charge in [0.05, 0.1) is 17.4 Å². The van der Waals surface area contributed by atoms with Crippen LogP contribution in [0.3, 0.4) is 0 Å². The summed E-state index contributed by atoms with van der Waals surface area (Å²) >= 11 is 0. The lowest BCUT2D eigenvalue weighted by Gasteiger charge is -2.27. The first kappa shape index (κ1) is 19.0. The van der Waals surface area contributed by atoms with Gasteiger partial charge in [-0.2, -0.15) is 0 Å². The molecular weight excluding hydrogens is 364 g/mol. The number of hydrogen-bond donors (Lipinski definition) is 2. The van der Waals surface area contributed by atoms with Crippen LogP contribution in [0.15, 0.2) is 60.9 Å². The van der Waals surface area contributed by atoms with Crippen LogP contribution in [0.4, 0.5) is 5.69 Å². The fraction of sp³-hybridized carbons (Fsp3) is 0.250. The van der Waals surface area contributed by atoms with Gasteiger partial charge in [-0.05, 0) is 67.1 Å². The van der Waals surface area contributed by atoms with E-state index in [1.807, 2.05) is 37.3 Å². The number of aromatic nitrogens is 1. The minimum Gasteiger partial charge on any atom is -0.478 e. The molecule has 1 aliphatic rings. The van der Waals surface area contributed by atoms with Gasteiger partial charge in [0.1, 0.15) is 11.5 Å². The highest BCUT2D eigenvalue weighted by atomic mass is 16.5. The van der Waals surface area contributed by atoms with E-state index in [1.54, 1.807) is 6.20 Å².